The van der Waals surface area contributed by atoms with Gasteiger partial charge in [-0.2, -0.15) is 0 Å². The van der Waals surface area contributed by atoms with Crippen LogP contribution in [-0.2, 0) is 16.1 Å². The predicted octanol–water partition coefficient (Wildman–Crippen LogP) is 3.67. The number of ketones is 1. The Morgan fingerprint density at radius 2 is 1.86 bits per heavy atom. The summed E-state index contributed by atoms with van der Waals surface area (Å²) in [7, 11) is 1.57. The number of likely N-dealkylation sites (tertiary alicyclic amines) is 1. The summed E-state index contributed by atoms with van der Waals surface area (Å²) in [6, 6.07) is 10.3. The van der Waals surface area contributed by atoms with E-state index in [2.05, 4.69) is 9.97 Å². The van der Waals surface area contributed by atoms with Gasteiger partial charge in [0.2, 0.25) is 0 Å². The molecular formula is C27H27N5O4. The third-order valence-electron chi connectivity index (χ3n) is 6.65. The van der Waals surface area contributed by atoms with Crippen molar-refractivity contribution in [1.29, 1.82) is 0 Å². The molecule has 1 aliphatic heterocycles. The Morgan fingerprint density at radius 1 is 1.08 bits per heavy atom. The molecule has 184 valence electrons. The predicted molar refractivity (Wildman–Crippen MR) is 134 cm³/mol. The topological polar surface area (TPSA) is 102 Å². The first-order valence-electron chi connectivity index (χ1n) is 11.7. The highest BCUT2D eigenvalue weighted by Gasteiger charge is 2.46. The Balaban J connectivity index is 1.60. The number of aliphatic hydroxyl groups excluding tert-OH is 1. The molecule has 9 nitrogen and oxygen atoms in total. The number of ether oxygens (including phenoxy) is 1. The lowest BCUT2D eigenvalue weighted by atomic mass is 9.96. The lowest BCUT2D eigenvalue weighted by Crippen LogP contribution is -2.31. The zero-order valence-corrected chi connectivity index (χ0v) is 20.4. The third-order valence-corrected chi connectivity index (χ3v) is 6.65. The number of fused-ring (bicyclic) bond motifs is 1. The van der Waals surface area contributed by atoms with Gasteiger partial charge in [0.05, 0.1) is 30.7 Å². The molecule has 9 heteroatoms. The van der Waals surface area contributed by atoms with Gasteiger partial charge in [-0.05, 0) is 49.6 Å². The van der Waals surface area contributed by atoms with Crippen molar-refractivity contribution in [3.63, 3.8) is 0 Å². The quantitative estimate of drug-likeness (QED) is 0.244. The fourth-order valence-corrected chi connectivity index (χ4v) is 4.76. The van der Waals surface area contributed by atoms with Crippen LogP contribution < -0.4 is 4.74 Å². The molecule has 1 amide bonds. The van der Waals surface area contributed by atoms with Gasteiger partial charge >= 0.3 is 0 Å². The summed E-state index contributed by atoms with van der Waals surface area (Å²) in [5, 5.41) is 11.5. The number of benzene rings is 1. The van der Waals surface area contributed by atoms with Crippen molar-refractivity contribution >= 4 is 23.1 Å². The monoisotopic (exact) mass is 485 g/mol. The summed E-state index contributed by atoms with van der Waals surface area (Å²) < 4.78 is 9.07. The molecule has 36 heavy (non-hydrogen) atoms. The molecule has 4 aromatic rings. The van der Waals surface area contributed by atoms with Crippen molar-refractivity contribution in [2.75, 3.05) is 13.7 Å². The van der Waals surface area contributed by atoms with E-state index in [-0.39, 0.29) is 11.3 Å². The van der Waals surface area contributed by atoms with Crippen molar-refractivity contribution in [2.45, 2.75) is 32.9 Å². The zero-order chi connectivity index (χ0) is 25.4. The van der Waals surface area contributed by atoms with Gasteiger partial charge in [-0.15, -0.1) is 0 Å². The highest BCUT2D eigenvalue weighted by molar-refractivity contribution is 6.46. The van der Waals surface area contributed by atoms with Crippen molar-refractivity contribution in [2.24, 2.45) is 0 Å². The molecule has 1 aliphatic rings. The molecule has 1 atom stereocenters. The van der Waals surface area contributed by atoms with Gasteiger partial charge in [0.1, 0.15) is 17.1 Å². The van der Waals surface area contributed by atoms with Crippen molar-refractivity contribution in [3.05, 3.63) is 89.4 Å². The molecule has 3 aromatic heterocycles. The average molecular weight is 486 g/mol. The van der Waals surface area contributed by atoms with E-state index in [1.807, 2.05) is 59.5 Å². The number of nitrogens with zero attached hydrogens (tertiary/aromatic N) is 5. The van der Waals surface area contributed by atoms with Crippen LogP contribution in [0.25, 0.3) is 11.4 Å². The second-order valence-electron chi connectivity index (χ2n) is 8.85. The minimum atomic E-state index is -0.746. The van der Waals surface area contributed by atoms with E-state index in [9.17, 15) is 14.7 Å². The maximum Gasteiger partial charge on any atom is 0.295 e. The lowest BCUT2D eigenvalue weighted by Gasteiger charge is -2.25. The fourth-order valence-electron chi connectivity index (χ4n) is 4.76. The normalized spacial score (nSPS) is 17.3. The minimum Gasteiger partial charge on any atom is -0.505 e. The molecule has 1 unspecified atom stereocenters. The molecule has 0 spiro atoms. The number of imidazole rings is 2. The summed E-state index contributed by atoms with van der Waals surface area (Å²) in [5.41, 5.74) is 3.34. The van der Waals surface area contributed by atoms with Gasteiger partial charge in [-0.1, -0.05) is 18.2 Å². The van der Waals surface area contributed by atoms with Crippen molar-refractivity contribution in [3.8, 4) is 5.75 Å². The Kier molecular flexibility index (Phi) is 6.05. The first-order chi connectivity index (χ1) is 17.4. The van der Waals surface area contributed by atoms with Crippen LogP contribution in [0.1, 0.15) is 35.0 Å². The molecule has 1 saturated heterocycles. The number of amides is 1. The van der Waals surface area contributed by atoms with E-state index >= 15 is 0 Å². The minimum absolute atomic E-state index is 0.0388. The lowest BCUT2D eigenvalue weighted by molar-refractivity contribution is -0.139. The maximum absolute atomic E-state index is 13.3. The molecule has 1 aromatic carbocycles. The molecule has 4 heterocycles. The van der Waals surface area contributed by atoms with Gasteiger partial charge in [0, 0.05) is 31.7 Å². The third kappa shape index (κ3) is 3.92. The average Bonchev–Trinajstić information content (AvgIpc) is 3.59. The fraction of sp³-hybridized carbons (Fsp3) is 0.259. The number of Topliss-reactive ketones (excluding diaryl/α,β-unsaturated/α-hetero) is 1. The number of methoxy groups -OCH3 is 1. The van der Waals surface area contributed by atoms with E-state index in [4.69, 9.17) is 4.74 Å². The standard InChI is InChI=1S/C27H27N5O4/c1-17-6-4-13-31-18(2)22(29-26(17)31)24(33)21-23(19-7-9-20(36-3)10-8-19)32(27(35)25(21)34)14-5-12-30-15-11-28-16-30/h4,6-11,13,15-16,23,33H,5,12,14H2,1-3H3. The van der Waals surface area contributed by atoms with Crippen LogP contribution >= 0.6 is 0 Å². The second kappa shape index (κ2) is 9.33. The number of hydrogen-bond acceptors (Lipinski definition) is 6. The number of hydrogen-bond donors (Lipinski definition) is 1. The molecule has 0 aliphatic carbocycles. The summed E-state index contributed by atoms with van der Waals surface area (Å²) in [4.78, 5) is 36.8. The summed E-state index contributed by atoms with van der Waals surface area (Å²) >= 11 is 0. The molecule has 1 N–H and O–H groups in total. The van der Waals surface area contributed by atoms with Crippen LogP contribution in [0, 0.1) is 13.8 Å². The molecular weight excluding hydrogens is 458 g/mol. The molecule has 1 fully saturated rings. The molecule has 0 radical (unpaired) electrons. The van der Waals surface area contributed by atoms with Crippen LogP contribution in [0.5, 0.6) is 5.75 Å². The number of pyridine rings is 1. The number of carbonyl (C=O) groups excluding carboxylic acids is 2. The number of carbonyl (C=O) groups is 2. The van der Waals surface area contributed by atoms with Crippen molar-refractivity contribution in [1.82, 2.24) is 23.8 Å². The summed E-state index contributed by atoms with van der Waals surface area (Å²) in [6.45, 7) is 4.74. The van der Waals surface area contributed by atoms with Crippen LogP contribution in [0.3, 0.4) is 0 Å². The highest BCUT2D eigenvalue weighted by atomic mass is 16.5. The summed E-state index contributed by atoms with van der Waals surface area (Å²) in [6.07, 6.45) is 7.73. The van der Waals surface area contributed by atoms with Gasteiger partial charge in [0.15, 0.2) is 5.76 Å². The van der Waals surface area contributed by atoms with E-state index in [0.717, 1.165) is 5.56 Å². The second-order valence-corrected chi connectivity index (χ2v) is 8.85. The highest BCUT2D eigenvalue weighted by Crippen LogP contribution is 2.40. The van der Waals surface area contributed by atoms with Gasteiger partial charge < -0.3 is 23.7 Å². The van der Waals surface area contributed by atoms with Crippen LogP contribution in [0.15, 0.2) is 66.9 Å². The summed E-state index contributed by atoms with van der Waals surface area (Å²) in [5.74, 6) is -0.973. The first-order valence-corrected chi connectivity index (χ1v) is 11.7. The largest absolute Gasteiger partial charge is 0.505 e. The number of aromatic nitrogens is 4. The van der Waals surface area contributed by atoms with E-state index in [1.165, 1.54) is 4.90 Å². The van der Waals surface area contributed by atoms with E-state index < -0.39 is 17.7 Å². The first kappa shape index (κ1) is 23.3. The Morgan fingerprint density at radius 3 is 2.53 bits per heavy atom. The van der Waals surface area contributed by atoms with Crippen LogP contribution in [-0.4, -0.2) is 54.3 Å². The number of aliphatic hydroxyl groups is 1. The molecule has 5 rings (SSSR count). The maximum atomic E-state index is 13.3. The smallest absolute Gasteiger partial charge is 0.295 e. The van der Waals surface area contributed by atoms with E-state index in [0.29, 0.717) is 47.9 Å². The zero-order valence-electron chi connectivity index (χ0n) is 20.4. The van der Waals surface area contributed by atoms with Crippen LogP contribution in [0.4, 0.5) is 0 Å². The van der Waals surface area contributed by atoms with Crippen molar-refractivity contribution < 1.29 is 19.4 Å². The van der Waals surface area contributed by atoms with Crippen LogP contribution in [0.2, 0.25) is 0 Å². The SMILES string of the molecule is COc1ccc(C2C(=C(O)c3nc4c(C)cccn4c3C)C(=O)C(=O)N2CCCn2ccnc2)cc1. The number of aryl methyl sites for hydroxylation is 3. The number of rotatable bonds is 7. The Labute approximate surface area is 208 Å². The van der Waals surface area contributed by atoms with Gasteiger partial charge in [0.25, 0.3) is 11.7 Å². The van der Waals surface area contributed by atoms with E-state index in [1.54, 1.807) is 31.8 Å². The van der Waals surface area contributed by atoms with Gasteiger partial charge in [-0.25, -0.2) is 9.97 Å². The molecule has 0 saturated carbocycles. The Bertz CT molecular complexity index is 1470. The molecule has 0 bridgehead atoms. The Hall–Kier alpha value is -4.40. The van der Waals surface area contributed by atoms with Gasteiger partial charge in [-0.3, -0.25) is 9.59 Å².